The third kappa shape index (κ3) is 5.33. The highest BCUT2D eigenvalue weighted by Gasteiger charge is 2.29. The van der Waals surface area contributed by atoms with Gasteiger partial charge in [-0.25, -0.2) is 0 Å². The van der Waals surface area contributed by atoms with Crippen LogP contribution in [0.2, 0.25) is 0 Å². The van der Waals surface area contributed by atoms with Crippen LogP contribution in [0, 0.1) is 5.92 Å². The average Bonchev–Trinajstić information content (AvgIpc) is 3.47. The summed E-state index contributed by atoms with van der Waals surface area (Å²) < 4.78 is 6.59. The van der Waals surface area contributed by atoms with Gasteiger partial charge < -0.3 is 15.4 Å². The van der Waals surface area contributed by atoms with Gasteiger partial charge in [-0.3, -0.25) is 9.59 Å². The molecule has 0 heterocycles. The van der Waals surface area contributed by atoms with Gasteiger partial charge in [-0.2, -0.15) is 0 Å². The molecular weight excluding hydrogens is 396 g/mol. The van der Waals surface area contributed by atoms with E-state index in [1.54, 1.807) is 19.1 Å². The maximum absolute atomic E-state index is 12.2. The van der Waals surface area contributed by atoms with Crippen LogP contribution in [0.1, 0.15) is 25.3 Å². The van der Waals surface area contributed by atoms with Gasteiger partial charge in [-0.15, -0.1) is 0 Å². The lowest BCUT2D eigenvalue weighted by Gasteiger charge is -2.15. The Morgan fingerprint density at radius 1 is 1.19 bits per heavy atom. The number of carbonyl (C=O) groups is 2. The number of nitrogens with one attached hydrogen (secondary N) is 2. The molecule has 3 rings (SSSR count). The van der Waals surface area contributed by atoms with Gasteiger partial charge in [-0.1, -0.05) is 28.1 Å². The fourth-order valence-electron chi connectivity index (χ4n) is 2.45. The van der Waals surface area contributed by atoms with Crippen molar-refractivity contribution in [3.05, 3.63) is 58.6 Å². The van der Waals surface area contributed by atoms with Gasteiger partial charge in [0.2, 0.25) is 5.91 Å². The van der Waals surface area contributed by atoms with E-state index >= 15 is 0 Å². The van der Waals surface area contributed by atoms with Gasteiger partial charge in [0.1, 0.15) is 5.75 Å². The number of benzene rings is 2. The van der Waals surface area contributed by atoms with E-state index in [-0.39, 0.29) is 17.7 Å². The Kier molecular flexibility index (Phi) is 5.93. The first-order chi connectivity index (χ1) is 12.5. The number of hydrogen-bond donors (Lipinski definition) is 2. The van der Waals surface area contributed by atoms with Gasteiger partial charge in [0.05, 0.1) is 0 Å². The van der Waals surface area contributed by atoms with Gasteiger partial charge >= 0.3 is 0 Å². The third-order valence-corrected chi connectivity index (χ3v) is 4.63. The molecule has 0 aliphatic heterocycles. The summed E-state index contributed by atoms with van der Waals surface area (Å²) in [6, 6.07) is 14.8. The van der Waals surface area contributed by atoms with Crippen molar-refractivity contribution >= 4 is 33.4 Å². The summed E-state index contributed by atoms with van der Waals surface area (Å²) in [7, 11) is 0. The van der Waals surface area contributed by atoms with Crippen molar-refractivity contribution in [2.45, 2.75) is 32.4 Å². The van der Waals surface area contributed by atoms with E-state index < -0.39 is 6.10 Å². The van der Waals surface area contributed by atoms with Crippen molar-refractivity contribution < 1.29 is 14.3 Å². The highest BCUT2D eigenvalue weighted by Crippen LogP contribution is 2.30. The first kappa shape index (κ1) is 18.5. The predicted octanol–water partition coefficient (Wildman–Crippen LogP) is 3.88. The largest absolute Gasteiger partial charge is 0.481 e. The molecule has 2 N–H and O–H groups in total. The fourth-order valence-corrected chi connectivity index (χ4v) is 2.72. The monoisotopic (exact) mass is 416 g/mol. The summed E-state index contributed by atoms with van der Waals surface area (Å²) in [5, 5.41) is 5.77. The van der Waals surface area contributed by atoms with Crippen LogP contribution in [0.5, 0.6) is 5.75 Å². The summed E-state index contributed by atoms with van der Waals surface area (Å²) in [4.78, 5) is 24.1. The fraction of sp³-hybridized carbons (Fsp3) is 0.300. The summed E-state index contributed by atoms with van der Waals surface area (Å²) in [5.41, 5.74) is 1.68. The Balaban J connectivity index is 1.50. The molecule has 1 aliphatic rings. The normalized spacial score (nSPS) is 14.4. The van der Waals surface area contributed by atoms with Crippen LogP contribution in [0.4, 0.5) is 5.69 Å². The van der Waals surface area contributed by atoms with Crippen LogP contribution in [0.25, 0.3) is 0 Å². The highest BCUT2D eigenvalue weighted by atomic mass is 79.9. The SMILES string of the molecule is CC(Oc1ccc(Br)cc1)C(=O)NCc1cccc(NC(=O)C2CC2)c1. The Morgan fingerprint density at radius 3 is 2.62 bits per heavy atom. The average molecular weight is 417 g/mol. The molecule has 1 fully saturated rings. The molecule has 0 saturated heterocycles. The first-order valence-corrected chi connectivity index (χ1v) is 9.40. The number of ether oxygens (including phenoxy) is 1. The van der Waals surface area contributed by atoms with Crippen molar-refractivity contribution in [2.24, 2.45) is 5.92 Å². The molecule has 1 aliphatic carbocycles. The zero-order chi connectivity index (χ0) is 18.5. The highest BCUT2D eigenvalue weighted by molar-refractivity contribution is 9.10. The van der Waals surface area contributed by atoms with Gasteiger partial charge in [-0.05, 0) is 61.7 Å². The smallest absolute Gasteiger partial charge is 0.261 e. The minimum absolute atomic E-state index is 0.0719. The van der Waals surface area contributed by atoms with Crippen molar-refractivity contribution in [1.29, 1.82) is 0 Å². The molecule has 6 heteroatoms. The summed E-state index contributed by atoms with van der Waals surface area (Å²) >= 11 is 3.36. The second kappa shape index (κ2) is 8.36. The van der Waals surface area contributed by atoms with Crippen LogP contribution < -0.4 is 15.4 Å². The number of anilines is 1. The summed E-state index contributed by atoms with van der Waals surface area (Å²) in [6.45, 7) is 2.09. The van der Waals surface area contributed by atoms with E-state index in [0.717, 1.165) is 28.6 Å². The Bertz CT molecular complexity index is 788. The molecule has 0 bridgehead atoms. The van der Waals surface area contributed by atoms with Crippen LogP contribution >= 0.6 is 15.9 Å². The van der Waals surface area contributed by atoms with Crippen molar-refractivity contribution in [1.82, 2.24) is 5.32 Å². The zero-order valence-electron chi connectivity index (χ0n) is 14.5. The van der Waals surface area contributed by atoms with Crippen molar-refractivity contribution in [3.63, 3.8) is 0 Å². The van der Waals surface area contributed by atoms with E-state index in [2.05, 4.69) is 26.6 Å². The molecule has 0 aromatic heterocycles. The standard InChI is InChI=1S/C20H21BrN2O3/c1-13(26-18-9-7-16(21)8-10-18)19(24)22-12-14-3-2-4-17(11-14)23-20(25)15-5-6-15/h2-4,7-11,13,15H,5-6,12H2,1H3,(H,22,24)(H,23,25). The number of carbonyl (C=O) groups excluding carboxylic acids is 2. The van der Waals surface area contributed by atoms with Crippen molar-refractivity contribution in [2.75, 3.05) is 5.32 Å². The van der Waals surface area contributed by atoms with E-state index in [0.29, 0.717) is 12.3 Å². The molecule has 2 aromatic rings. The molecule has 1 saturated carbocycles. The lowest BCUT2D eigenvalue weighted by Crippen LogP contribution is -2.35. The minimum Gasteiger partial charge on any atom is -0.481 e. The molecule has 136 valence electrons. The molecule has 1 atom stereocenters. The second-order valence-electron chi connectivity index (χ2n) is 6.40. The number of amides is 2. The quantitative estimate of drug-likeness (QED) is 0.719. The molecule has 1 unspecified atom stereocenters. The van der Waals surface area contributed by atoms with Crippen LogP contribution in [-0.4, -0.2) is 17.9 Å². The Labute approximate surface area is 161 Å². The number of halogens is 1. The predicted molar refractivity (Wildman–Crippen MR) is 104 cm³/mol. The van der Waals surface area contributed by atoms with Gasteiger partial charge in [0, 0.05) is 22.6 Å². The lowest BCUT2D eigenvalue weighted by atomic mass is 10.2. The Morgan fingerprint density at radius 2 is 1.92 bits per heavy atom. The van der Waals surface area contributed by atoms with Gasteiger partial charge in [0.25, 0.3) is 5.91 Å². The summed E-state index contributed by atoms with van der Waals surface area (Å²) in [5.74, 6) is 0.679. The molecule has 2 aromatic carbocycles. The van der Waals surface area contributed by atoms with E-state index in [9.17, 15) is 9.59 Å². The maximum Gasteiger partial charge on any atom is 0.261 e. The third-order valence-electron chi connectivity index (χ3n) is 4.11. The molecule has 2 amide bonds. The molecule has 26 heavy (non-hydrogen) atoms. The zero-order valence-corrected chi connectivity index (χ0v) is 16.1. The van der Waals surface area contributed by atoms with Gasteiger partial charge in [0.15, 0.2) is 6.10 Å². The minimum atomic E-state index is -0.603. The van der Waals surface area contributed by atoms with E-state index in [1.807, 2.05) is 36.4 Å². The van der Waals surface area contributed by atoms with E-state index in [4.69, 9.17) is 4.74 Å². The topological polar surface area (TPSA) is 67.4 Å². The van der Waals surface area contributed by atoms with E-state index in [1.165, 1.54) is 0 Å². The number of rotatable bonds is 7. The summed E-state index contributed by atoms with van der Waals surface area (Å²) in [6.07, 6.45) is 1.34. The second-order valence-corrected chi connectivity index (χ2v) is 7.31. The van der Waals surface area contributed by atoms with Crippen molar-refractivity contribution in [3.8, 4) is 5.75 Å². The molecular formula is C20H21BrN2O3. The Hall–Kier alpha value is -2.34. The molecule has 0 spiro atoms. The van der Waals surface area contributed by atoms with Crippen LogP contribution in [-0.2, 0) is 16.1 Å². The number of hydrogen-bond acceptors (Lipinski definition) is 3. The first-order valence-electron chi connectivity index (χ1n) is 8.61. The lowest BCUT2D eigenvalue weighted by molar-refractivity contribution is -0.127. The molecule has 0 radical (unpaired) electrons. The molecule has 5 nitrogen and oxygen atoms in total. The van der Waals surface area contributed by atoms with Crippen LogP contribution in [0.15, 0.2) is 53.0 Å². The van der Waals surface area contributed by atoms with Crippen LogP contribution in [0.3, 0.4) is 0 Å². The maximum atomic E-state index is 12.2.